The highest BCUT2D eigenvalue weighted by Crippen LogP contribution is 2.25. The fourth-order valence-corrected chi connectivity index (χ4v) is 6.44. The Bertz CT molecular complexity index is 1880. The number of nitrogens with two attached hydrogens (primary N) is 4. The summed E-state index contributed by atoms with van der Waals surface area (Å²) in [6.45, 7) is 3.80. The van der Waals surface area contributed by atoms with Crippen molar-refractivity contribution in [2.24, 2.45) is 38.8 Å². The van der Waals surface area contributed by atoms with E-state index in [-0.39, 0.29) is 50.1 Å². The summed E-state index contributed by atoms with van der Waals surface area (Å²) >= 11 is 0. The first-order valence-electron chi connectivity index (χ1n) is 18.0. The Morgan fingerprint density at radius 1 is 0.667 bits per heavy atom. The molecule has 3 aromatic rings. The van der Waals surface area contributed by atoms with Crippen molar-refractivity contribution in [1.82, 2.24) is 21.3 Å². The van der Waals surface area contributed by atoms with Gasteiger partial charge in [0.1, 0.15) is 17.8 Å². The number of nitrogens with zero attached hydrogens (tertiary/aromatic N) is 2. The minimum atomic E-state index is -1.08. The van der Waals surface area contributed by atoms with Crippen LogP contribution in [-0.4, -0.2) is 78.4 Å². The standard InChI is InChI=1S/C39H52N10O5/c1-23-24(2)32(20-25-12-15-29(50)16-13-25)47-34(51)22-46-36(53)33(21-26-11-14-27-7-3-4-8-28(27)19-26)49-37(54)31(10-6-18-45-39(42)43)48-35(52)30(23)9-5-17-44-38(40)41/h3-4,7-8,11-16,19,30-33,50H,5-6,9-10,17-18,20-22H2,1-2H3,(H,46,53)(H,47,51)(H,48,52)(H,49,54)(H4,40,41,44)(H4,42,43,45)/b24-23-/t30-,31+,32-,33+/m1/s1. The molecule has 54 heavy (non-hydrogen) atoms. The van der Waals surface area contributed by atoms with E-state index in [0.717, 1.165) is 27.5 Å². The monoisotopic (exact) mass is 740 g/mol. The molecule has 4 amide bonds. The number of hydrogen-bond donors (Lipinski definition) is 9. The average molecular weight is 741 g/mol. The lowest BCUT2D eigenvalue weighted by Crippen LogP contribution is -2.55. The van der Waals surface area contributed by atoms with Crippen LogP contribution in [0.4, 0.5) is 0 Å². The number of aliphatic imine (C=N–C) groups is 2. The van der Waals surface area contributed by atoms with Crippen LogP contribution in [0.15, 0.2) is 87.9 Å². The van der Waals surface area contributed by atoms with Crippen molar-refractivity contribution < 1.29 is 24.3 Å². The van der Waals surface area contributed by atoms with Crippen LogP contribution in [0.3, 0.4) is 0 Å². The Balaban J connectivity index is 1.74. The molecule has 15 nitrogen and oxygen atoms in total. The van der Waals surface area contributed by atoms with Gasteiger partial charge in [0.25, 0.3) is 0 Å². The van der Waals surface area contributed by atoms with Gasteiger partial charge in [0, 0.05) is 19.5 Å². The lowest BCUT2D eigenvalue weighted by molar-refractivity contribution is -0.133. The molecule has 4 atom stereocenters. The number of phenolic OH excluding ortho intramolecular Hbond substituents is 1. The molecule has 0 bridgehead atoms. The summed E-state index contributed by atoms with van der Waals surface area (Å²) < 4.78 is 0. The minimum absolute atomic E-state index is 0.0689. The van der Waals surface area contributed by atoms with Gasteiger partial charge in [-0.2, -0.15) is 0 Å². The smallest absolute Gasteiger partial charge is 0.243 e. The molecule has 0 unspecified atom stereocenters. The van der Waals surface area contributed by atoms with E-state index in [2.05, 4.69) is 31.3 Å². The zero-order valence-corrected chi connectivity index (χ0v) is 30.8. The van der Waals surface area contributed by atoms with Gasteiger partial charge in [-0.3, -0.25) is 29.2 Å². The van der Waals surface area contributed by atoms with E-state index in [9.17, 15) is 24.3 Å². The quantitative estimate of drug-likeness (QED) is 0.0554. The molecule has 0 spiro atoms. The maximum absolute atomic E-state index is 14.3. The van der Waals surface area contributed by atoms with Crippen LogP contribution in [0, 0.1) is 5.92 Å². The summed E-state index contributed by atoms with van der Waals surface area (Å²) in [5, 5.41) is 23.4. The van der Waals surface area contributed by atoms with E-state index in [4.69, 9.17) is 22.9 Å². The first-order chi connectivity index (χ1) is 25.8. The minimum Gasteiger partial charge on any atom is -0.508 e. The Kier molecular flexibility index (Phi) is 14.8. The number of fused-ring (bicyclic) bond motifs is 1. The largest absolute Gasteiger partial charge is 0.508 e. The Morgan fingerprint density at radius 2 is 1.26 bits per heavy atom. The summed E-state index contributed by atoms with van der Waals surface area (Å²) in [4.78, 5) is 63.7. The lowest BCUT2D eigenvalue weighted by Gasteiger charge is -2.27. The molecule has 0 aliphatic carbocycles. The van der Waals surface area contributed by atoms with Crippen LogP contribution >= 0.6 is 0 Å². The van der Waals surface area contributed by atoms with Crippen molar-refractivity contribution in [3.05, 3.63) is 89.0 Å². The van der Waals surface area contributed by atoms with E-state index < -0.39 is 47.7 Å². The van der Waals surface area contributed by atoms with E-state index in [0.29, 0.717) is 31.3 Å². The molecule has 0 radical (unpaired) electrons. The number of aromatic hydroxyl groups is 1. The lowest BCUT2D eigenvalue weighted by atomic mass is 9.86. The first-order valence-corrected chi connectivity index (χ1v) is 18.0. The van der Waals surface area contributed by atoms with Crippen molar-refractivity contribution in [2.45, 2.75) is 70.5 Å². The molecule has 0 aromatic heterocycles. The predicted octanol–water partition coefficient (Wildman–Crippen LogP) is 0.975. The molecule has 1 aliphatic rings. The highest BCUT2D eigenvalue weighted by Gasteiger charge is 2.32. The van der Waals surface area contributed by atoms with Gasteiger partial charge >= 0.3 is 0 Å². The average Bonchev–Trinajstić information content (AvgIpc) is 3.14. The van der Waals surface area contributed by atoms with E-state index in [1.54, 1.807) is 24.3 Å². The first kappa shape index (κ1) is 40.6. The molecule has 0 saturated carbocycles. The summed E-state index contributed by atoms with van der Waals surface area (Å²) in [5.74, 6) is -2.82. The Labute approximate surface area is 315 Å². The van der Waals surface area contributed by atoms with Crippen molar-refractivity contribution >= 4 is 46.3 Å². The van der Waals surface area contributed by atoms with Crippen LogP contribution in [0.1, 0.15) is 50.7 Å². The molecule has 0 fully saturated rings. The van der Waals surface area contributed by atoms with E-state index in [1.807, 2.05) is 56.3 Å². The van der Waals surface area contributed by atoms with Gasteiger partial charge in [0.05, 0.1) is 18.5 Å². The topological polar surface area (TPSA) is 265 Å². The summed E-state index contributed by atoms with van der Waals surface area (Å²) in [5.41, 5.74) is 25.2. The van der Waals surface area contributed by atoms with E-state index in [1.165, 1.54) is 0 Å². The number of amides is 4. The third-order valence-corrected chi connectivity index (χ3v) is 9.53. The summed E-state index contributed by atoms with van der Waals surface area (Å²) in [7, 11) is 0. The molecule has 3 aromatic carbocycles. The fraction of sp³-hybridized carbons (Fsp3) is 0.385. The molecular weight excluding hydrogens is 688 g/mol. The van der Waals surface area contributed by atoms with Gasteiger partial charge in [-0.25, -0.2) is 0 Å². The maximum Gasteiger partial charge on any atom is 0.243 e. The number of hydrogen-bond acceptors (Lipinski definition) is 7. The molecule has 1 aliphatic heterocycles. The van der Waals surface area contributed by atoms with Crippen molar-refractivity contribution in [3.63, 3.8) is 0 Å². The molecular formula is C39H52N10O5. The number of nitrogens with one attached hydrogen (secondary N) is 4. The van der Waals surface area contributed by atoms with Gasteiger partial charge in [-0.05, 0) is 80.0 Å². The van der Waals surface area contributed by atoms with Gasteiger partial charge in [0.15, 0.2) is 11.9 Å². The Hall–Kier alpha value is -6.12. The number of carbonyl (C=O) groups excluding carboxylic acids is 4. The Morgan fingerprint density at radius 3 is 1.93 bits per heavy atom. The van der Waals surface area contributed by atoms with Gasteiger partial charge in [0.2, 0.25) is 23.6 Å². The second kappa shape index (κ2) is 19.6. The zero-order chi connectivity index (χ0) is 39.2. The molecule has 4 rings (SSSR count). The number of guanidine groups is 2. The third-order valence-electron chi connectivity index (χ3n) is 9.53. The second-order valence-electron chi connectivity index (χ2n) is 13.5. The van der Waals surface area contributed by atoms with E-state index >= 15 is 0 Å². The van der Waals surface area contributed by atoms with Gasteiger partial charge in [-0.15, -0.1) is 0 Å². The normalized spacial score (nSPS) is 21.4. The number of carbonyl (C=O) groups is 4. The maximum atomic E-state index is 14.3. The van der Waals surface area contributed by atoms with Crippen LogP contribution in [0.2, 0.25) is 0 Å². The summed E-state index contributed by atoms with van der Waals surface area (Å²) in [6.07, 6.45) is 1.76. The molecule has 1 heterocycles. The fourth-order valence-electron chi connectivity index (χ4n) is 6.44. The van der Waals surface area contributed by atoms with Crippen molar-refractivity contribution in [2.75, 3.05) is 19.6 Å². The highest BCUT2D eigenvalue weighted by molar-refractivity contribution is 5.94. The van der Waals surface area contributed by atoms with Crippen molar-refractivity contribution in [3.8, 4) is 5.75 Å². The highest BCUT2D eigenvalue weighted by atomic mass is 16.3. The van der Waals surface area contributed by atoms with Crippen LogP contribution < -0.4 is 44.2 Å². The number of benzene rings is 3. The molecule has 15 heteroatoms. The van der Waals surface area contributed by atoms with Crippen LogP contribution in [0.5, 0.6) is 5.75 Å². The second-order valence-corrected chi connectivity index (χ2v) is 13.5. The SMILES string of the molecule is C/C1=C(\C)[C@@H](CCCN=C(N)N)C(=O)N[C@@H](CCCN=C(N)N)C(=O)N[C@@H](Cc2ccc3ccccc3c2)C(=O)NCC(=O)N[C@@H]1Cc1ccc(O)cc1. The molecule has 0 saturated heterocycles. The van der Waals surface area contributed by atoms with Crippen LogP contribution in [0.25, 0.3) is 10.8 Å². The third kappa shape index (κ3) is 12.2. The van der Waals surface area contributed by atoms with Crippen LogP contribution in [-0.2, 0) is 32.0 Å². The number of phenols is 1. The molecule has 13 N–H and O–H groups in total. The van der Waals surface area contributed by atoms with Gasteiger partial charge < -0.3 is 49.3 Å². The molecule has 288 valence electrons. The van der Waals surface area contributed by atoms with Crippen molar-refractivity contribution in [1.29, 1.82) is 0 Å². The summed E-state index contributed by atoms with van der Waals surface area (Å²) in [6, 6.07) is 17.5. The van der Waals surface area contributed by atoms with Gasteiger partial charge in [-0.1, -0.05) is 65.7 Å². The zero-order valence-electron chi connectivity index (χ0n) is 30.8. The number of rotatable bonds is 12. The predicted molar refractivity (Wildman–Crippen MR) is 210 cm³/mol.